The maximum absolute atomic E-state index is 12.1. The number of hydrogen-bond acceptors (Lipinski definition) is 6. The molecule has 0 atom stereocenters. The van der Waals surface area contributed by atoms with Gasteiger partial charge in [-0.15, -0.1) is 5.06 Å². The minimum absolute atomic E-state index is 0.0218. The topological polar surface area (TPSA) is 82.1 Å². The van der Waals surface area contributed by atoms with E-state index in [0.717, 1.165) is 0 Å². The molecule has 1 heterocycles. The van der Waals surface area contributed by atoms with Gasteiger partial charge in [0, 0.05) is 12.8 Å². The van der Waals surface area contributed by atoms with E-state index < -0.39 is 29.0 Å². The van der Waals surface area contributed by atoms with E-state index in [4.69, 9.17) is 14.3 Å². The lowest BCUT2D eigenvalue weighted by molar-refractivity contribution is -0.216. The van der Waals surface area contributed by atoms with Crippen LogP contribution in [0.15, 0.2) is 0 Å². The highest BCUT2D eigenvalue weighted by Crippen LogP contribution is 2.21. The van der Waals surface area contributed by atoms with Gasteiger partial charge in [0.15, 0.2) is 5.60 Å². The molecule has 1 fully saturated rings. The number of carbonyl (C=O) groups is 3. The van der Waals surface area contributed by atoms with Crippen molar-refractivity contribution in [3.8, 4) is 0 Å². The van der Waals surface area contributed by atoms with Crippen LogP contribution in [0.4, 0.5) is 0 Å². The Morgan fingerprint density at radius 3 is 2.09 bits per heavy atom. The van der Waals surface area contributed by atoms with Crippen molar-refractivity contribution in [3.05, 3.63) is 0 Å². The summed E-state index contributed by atoms with van der Waals surface area (Å²) >= 11 is 0. The van der Waals surface area contributed by atoms with Gasteiger partial charge < -0.3 is 14.3 Å². The first-order valence-electron chi connectivity index (χ1n) is 7.34. The van der Waals surface area contributed by atoms with E-state index in [-0.39, 0.29) is 25.6 Å². The molecule has 126 valence electrons. The Kier molecular flexibility index (Phi) is 5.70. The molecule has 1 aliphatic heterocycles. The van der Waals surface area contributed by atoms with Gasteiger partial charge in [0.2, 0.25) is 0 Å². The fourth-order valence-electron chi connectivity index (χ4n) is 1.94. The summed E-state index contributed by atoms with van der Waals surface area (Å²) in [5.74, 6) is -1.83. The predicted molar refractivity (Wildman–Crippen MR) is 77.5 cm³/mol. The number of rotatable bonds is 7. The number of hydrogen-bond donors (Lipinski definition) is 0. The summed E-state index contributed by atoms with van der Waals surface area (Å²) < 4.78 is 11.3. The Bertz CT molecular complexity index is 439. The maximum Gasteiger partial charge on any atom is 0.364 e. The molecule has 0 aromatic rings. The van der Waals surface area contributed by atoms with Gasteiger partial charge in [0.25, 0.3) is 11.8 Å². The largest absolute Gasteiger partial charge is 0.371 e. The third-order valence-corrected chi connectivity index (χ3v) is 3.01. The lowest BCUT2D eigenvalue weighted by atomic mass is 10.1. The minimum Gasteiger partial charge on any atom is -0.371 e. The Labute approximate surface area is 130 Å². The summed E-state index contributed by atoms with van der Waals surface area (Å²) in [6.45, 7) is 10.7. The van der Waals surface area contributed by atoms with Crippen molar-refractivity contribution in [2.75, 3.05) is 6.61 Å². The van der Waals surface area contributed by atoms with Gasteiger partial charge in [-0.1, -0.05) is 0 Å². The zero-order valence-electron chi connectivity index (χ0n) is 14.1. The molecule has 0 aliphatic carbocycles. The quantitative estimate of drug-likeness (QED) is 0.664. The molecular weight excluding hydrogens is 290 g/mol. The van der Waals surface area contributed by atoms with Crippen LogP contribution in [-0.4, -0.2) is 46.8 Å². The summed E-state index contributed by atoms with van der Waals surface area (Å²) in [6.07, 6.45) is 0.138. The van der Waals surface area contributed by atoms with Crippen LogP contribution in [-0.2, 0) is 28.7 Å². The fraction of sp³-hybridized carbons (Fsp3) is 0.800. The summed E-state index contributed by atoms with van der Waals surface area (Å²) in [6, 6.07) is 0. The van der Waals surface area contributed by atoms with Gasteiger partial charge in [-0.25, -0.2) is 4.79 Å². The normalized spacial score (nSPS) is 16.6. The van der Waals surface area contributed by atoms with E-state index >= 15 is 0 Å². The third-order valence-electron chi connectivity index (χ3n) is 3.01. The van der Waals surface area contributed by atoms with E-state index in [1.54, 1.807) is 0 Å². The van der Waals surface area contributed by atoms with Gasteiger partial charge in [-0.2, -0.15) is 0 Å². The highest BCUT2D eigenvalue weighted by Gasteiger charge is 2.39. The van der Waals surface area contributed by atoms with Crippen molar-refractivity contribution in [2.45, 2.75) is 71.7 Å². The second kappa shape index (κ2) is 6.75. The molecule has 0 radical (unpaired) electrons. The first-order valence-corrected chi connectivity index (χ1v) is 7.34. The zero-order valence-corrected chi connectivity index (χ0v) is 14.1. The van der Waals surface area contributed by atoms with Crippen LogP contribution in [0, 0.1) is 0 Å². The first-order chi connectivity index (χ1) is 9.94. The van der Waals surface area contributed by atoms with Gasteiger partial charge >= 0.3 is 5.97 Å². The van der Waals surface area contributed by atoms with Gasteiger partial charge in [0.1, 0.15) is 0 Å². The molecule has 0 aromatic heterocycles. The Morgan fingerprint density at radius 2 is 1.64 bits per heavy atom. The first kappa shape index (κ1) is 18.6. The average Bonchev–Trinajstić information content (AvgIpc) is 2.67. The number of ether oxygens (including phenoxy) is 2. The van der Waals surface area contributed by atoms with Crippen LogP contribution in [0.25, 0.3) is 0 Å². The van der Waals surface area contributed by atoms with Gasteiger partial charge in [0.05, 0.1) is 18.3 Å². The van der Waals surface area contributed by atoms with Gasteiger partial charge in [-0.3, -0.25) is 9.59 Å². The number of imide groups is 1. The Morgan fingerprint density at radius 1 is 1.14 bits per heavy atom. The molecule has 7 heteroatoms. The maximum atomic E-state index is 12.1. The predicted octanol–water partition coefficient (Wildman–Crippen LogP) is 1.59. The average molecular weight is 315 g/mol. The molecule has 0 unspecified atom stereocenters. The smallest absolute Gasteiger partial charge is 0.364 e. The molecule has 1 aliphatic rings. The number of nitrogens with zero attached hydrogens (tertiary/aromatic N) is 1. The van der Waals surface area contributed by atoms with E-state index in [0.29, 0.717) is 5.06 Å². The second-order valence-electron chi connectivity index (χ2n) is 6.69. The monoisotopic (exact) mass is 315 g/mol. The fourth-order valence-corrected chi connectivity index (χ4v) is 1.94. The summed E-state index contributed by atoms with van der Waals surface area (Å²) in [5.41, 5.74) is -1.88. The van der Waals surface area contributed by atoms with Crippen LogP contribution in [0.5, 0.6) is 0 Å². The Balaban J connectivity index is 2.59. The minimum atomic E-state index is -1.30. The standard InChI is InChI=1S/C15H25NO6/c1-10(2)21-14(3,4)9-20-15(5,6)13(19)22-16-11(17)7-8-12(16)18/h10H,7-9H2,1-6H3. The lowest BCUT2D eigenvalue weighted by Gasteiger charge is -2.32. The van der Waals surface area contributed by atoms with Crippen LogP contribution < -0.4 is 0 Å². The second-order valence-corrected chi connectivity index (χ2v) is 6.69. The highest BCUT2D eigenvalue weighted by molar-refractivity contribution is 6.01. The van der Waals surface area contributed by atoms with Crippen molar-refractivity contribution in [2.24, 2.45) is 0 Å². The van der Waals surface area contributed by atoms with Gasteiger partial charge in [-0.05, 0) is 41.5 Å². The van der Waals surface area contributed by atoms with E-state index in [9.17, 15) is 14.4 Å². The van der Waals surface area contributed by atoms with E-state index in [1.807, 2.05) is 27.7 Å². The third kappa shape index (κ3) is 5.06. The van der Waals surface area contributed by atoms with Crippen molar-refractivity contribution in [1.29, 1.82) is 0 Å². The van der Waals surface area contributed by atoms with Crippen LogP contribution >= 0.6 is 0 Å². The highest BCUT2D eigenvalue weighted by atomic mass is 16.7. The molecule has 7 nitrogen and oxygen atoms in total. The van der Waals surface area contributed by atoms with Crippen molar-refractivity contribution >= 4 is 17.8 Å². The van der Waals surface area contributed by atoms with E-state index in [1.165, 1.54) is 13.8 Å². The molecular formula is C15H25NO6. The molecule has 1 saturated heterocycles. The molecule has 1 rings (SSSR count). The summed E-state index contributed by atoms with van der Waals surface area (Å²) in [4.78, 5) is 39.9. The zero-order chi connectivity index (χ0) is 17.1. The van der Waals surface area contributed by atoms with E-state index in [2.05, 4.69) is 0 Å². The summed E-state index contributed by atoms with van der Waals surface area (Å²) in [5, 5.41) is 0.517. The molecule has 0 saturated carbocycles. The molecule has 0 N–H and O–H groups in total. The molecule has 2 amide bonds. The number of hydroxylamine groups is 2. The van der Waals surface area contributed by atoms with Crippen LogP contribution in [0.3, 0.4) is 0 Å². The molecule has 22 heavy (non-hydrogen) atoms. The lowest BCUT2D eigenvalue weighted by Crippen LogP contribution is -2.46. The number of carbonyl (C=O) groups excluding carboxylic acids is 3. The van der Waals surface area contributed by atoms with Crippen molar-refractivity contribution in [3.63, 3.8) is 0 Å². The van der Waals surface area contributed by atoms with Crippen molar-refractivity contribution in [1.82, 2.24) is 5.06 Å². The van der Waals surface area contributed by atoms with Crippen LogP contribution in [0.2, 0.25) is 0 Å². The molecule has 0 aromatic carbocycles. The molecule has 0 spiro atoms. The summed E-state index contributed by atoms with van der Waals surface area (Å²) in [7, 11) is 0. The van der Waals surface area contributed by atoms with Crippen LogP contribution in [0.1, 0.15) is 54.4 Å². The number of amides is 2. The SMILES string of the molecule is CC(C)OC(C)(C)COC(C)(C)C(=O)ON1C(=O)CCC1=O. The van der Waals surface area contributed by atoms with Crippen molar-refractivity contribution < 1.29 is 28.7 Å². The Hall–Kier alpha value is -1.47. The molecule has 0 bridgehead atoms.